The molecule has 0 fully saturated rings. The van der Waals surface area contributed by atoms with Crippen LogP contribution < -0.4 is 0 Å². The lowest BCUT2D eigenvalue weighted by molar-refractivity contribution is -0.140. The molecular weight excluding hydrogens is 301 g/mol. The molecule has 0 amide bonds. The zero-order chi connectivity index (χ0) is 13.1. The van der Waals surface area contributed by atoms with Crippen LogP contribution in [0.1, 0.15) is 11.1 Å². The van der Waals surface area contributed by atoms with E-state index in [2.05, 4.69) is 20.7 Å². The number of ether oxygens (including phenoxy) is 1. The molecule has 1 atom stereocenters. The SMILES string of the molecule is COC(=O)[C@H](Br)Cc1ccc(C(F)(F)F)cc1. The molecule has 1 rings (SSSR count). The summed E-state index contributed by atoms with van der Waals surface area (Å²) in [5, 5.41) is 0. The normalized spacial score (nSPS) is 13.2. The van der Waals surface area contributed by atoms with Gasteiger partial charge in [0.2, 0.25) is 0 Å². The van der Waals surface area contributed by atoms with Crippen LogP contribution >= 0.6 is 15.9 Å². The van der Waals surface area contributed by atoms with Gasteiger partial charge in [-0.3, -0.25) is 4.79 Å². The summed E-state index contributed by atoms with van der Waals surface area (Å²) in [4.78, 5) is 10.5. The molecule has 0 aliphatic carbocycles. The Balaban J connectivity index is 2.72. The summed E-state index contributed by atoms with van der Waals surface area (Å²) in [6.45, 7) is 0. The van der Waals surface area contributed by atoms with E-state index < -0.39 is 22.5 Å². The van der Waals surface area contributed by atoms with Gasteiger partial charge in [0, 0.05) is 0 Å². The van der Waals surface area contributed by atoms with Gasteiger partial charge in [-0.15, -0.1) is 0 Å². The lowest BCUT2D eigenvalue weighted by Crippen LogP contribution is -2.18. The Hall–Kier alpha value is -1.04. The molecule has 2 nitrogen and oxygen atoms in total. The van der Waals surface area contributed by atoms with Crippen LogP contribution in [0.4, 0.5) is 13.2 Å². The average Bonchev–Trinajstić information content (AvgIpc) is 2.27. The summed E-state index contributed by atoms with van der Waals surface area (Å²) in [6.07, 6.45) is -4.06. The first-order valence-electron chi connectivity index (χ1n) is 4.72. The molecule has 0 bridgehead atoms. The molecule has 6 heteroatoms. The molecule has 0 saturated heterocycles. The van der Waals surface area contributed by atoms with Gasteiger partial charge in [-0.1, -0.05) is 28.1 Å². The van der Waals surface area contributed by atoms with Crippen molar-refractivity contribution in [1.82, 2.24) is 0 Å². The van der Waals surface area contributed by atoms with Crippen molar-refractivity contribution in [1.29, 1.82) is 0 Å². The van der Waals surface area contributed by atoms with Crippen molar-refractivity contribution in [3.63, 3.8) is 0 Å². The van der Waals surface area contributed by atoms with Gasteiger partial charge in [0.05, 0.1) is 12.7 Å². The molecular formula is C11H10BrF3O2. The molecule has 0 aromatic heterocycles. The maximum atomic E-state index is 12.3. The van der Waals surface area contributed by atoms with E-state index >= 15 is 0 Å². The molecule has 1 aromatic rings. The fourth-order valence-electron chi connectivity index (χ4n) is 1.25. The van der Waals surface area contributed by atoms with Gasteiger partial charge in [-0.25, -0.2) is 0 Å². The number of hydrogen-bond acceptors (Lipinski definition) is 2. The van der Waals surface area contributed by atoms with Crippen LogP contribution in [0.25, 0.3) is 0 Å². The minimum Gasteiger partial charge on any atom is -0.468 e. The first-order chi connectivity index (χ1) is 7.84. The summed E-state index contributed by atoms with van der Waals surface area (Å²) in [7, 11) is 1.25. The molecule has 0 aliphatic heterocycles. The highest BCUT2D eigenvalue weighted by Gasteiger charge is 2.30. The van der Waals surface area contributed by atoms with Crippen LogP contribution in [-0.4, -0.2) is 17.9 Å². The third-order valence-electron chi connectivity index (χ3n) is 2.15. The second-order valence-electron chi connectivity index (χ2n) is 3.39. The van der Waals surface area contributed by atoms with Gasteiger partial charge in [0.1, 0.15) is 4.83 Å². The Bertz CT molecular complexity index is 387. The maximum Gasteiger partial charge on any atom is 0.416 e. The Labute approximate surface area is 105 Å². The van der Waals surface area contributed by atoms with Gasteiger partial charge in [0.25, 0.3) is 0 Å². The van der Waals surface area contributed by atoms with Crippen molar-refractivity contribution in [2.45, 2.75) is 17.4 Å². The highest BCUT2D eigenvalue weighted by Crippen LogP contribution is 2.29. The summed E-state index contributed by atoms with van der Waals surface area (Å²) >= 11 is 3.10. The zero-order valence-corrected chi connectivity index (χ0v) is 10.5. The fourth-order valence-corrected chi connectivity index (χ4v) is 1.81. The molecule has 17 heavy (non-hydrogen) atoms. The van der Waals surface area contributed by atoms with Crippen LogP contribution in [0.5, 0.6) is 0 Å². The van der Waals surface area contributed by atoms with Crippen molar-refractivity contribution in [2.75, 3.05) is 7.11 Å². The van der Waals surface area contributed by atoms with E-state index in [-0.39, 0.29) is 6.42 Å². The van der Waals surface area contributed by atoms with Crippen LogP contribution in [-0.2, 0) is 22.1 Å². The molecule has 0 saturated carbocycles. The van der Waals surface area contributed by atoms with Crippen LogP contribution in [0, 0.1) is 0 Å². The fraction of sp³-hybridized carbons (Fsp3) is 0.364. The van der Waals surface area contributed by atoms with Crippen molar-refractivity contribution in [2.24, 2.45) is 0 Å². The Kier molecular flexibility index (Phi) is 4.56. The minimum absolute atomic E-state index is 0.283. The van der Waals surface area contributed by atoms with E-state index in [4.69, 9.17) is 0 Å². The van der Waals surface area contributed by atoms with E-state index in [1.165, 1.54) is 19.2 Å². The summed E-state index contributed by atoms with van der Waals surface area (Å²) in [5.41, 5.74) is -0.0734. The number of alkyl halides is 4. The molecule has 1 aromatic carbocycles. The van der Waals surface area contributed by atoms with Gasteiger partial charge in [-0.2, -0.15) is 13.2 Å². The number of benzene rings is 1. The number of carbonyl (C=O) groups excluding carboxylic acids is 1. The van der Waals surface area contributed by atoms with Gasteiger partial charge >= 0.3 is 12.1 Å². The predicted octanol–water partition coefficient (Wildman–Crippen LogP) is 3.18. The topological polar surface area (TPSA) is 26.3 Å². The summed E-state index contributed by atoms with van der Waals surface area (Å²) in [5.74, 6) is -0.454. The first kappa shape index (κ1) is 14.0. The second-order valence-corrected chi connectivity index (χ2v) is 4.49. The standard InChI is InChI=1S/C11H10BrF3O2/c1-17-10(16)9(12)6-7-2-4-8(5-3-7)11(13,14)15/h2-5,9H,6H2,1H3/t9-/m1/s1. The highest BCUT2D eigenvalue weighted by molar-refractivity contribution is 9.10. The number of carbonyl (C=O) groups is 1. The van der Waals surface area contributed by atoms with Crippen molar-refractivity contribution >= 4 is 21.9 Å². The van der Waals surface area contributed by atoms with E-state index in [1.54, 1.807) is 0 Å². The molecule has 0 aliphatic rings. The Morgan fingerprint density at radius 2 is 1.88 bits per heavy atom. The van der Waals surface area contributed by atoms with E-state index in [9.17, 15) is 18.0 Å². The van der Waals surface area contributed by atoms with Crippen LogP contribution in [0.3, 0.4) is 0 Å². The number of rotatable bonds is 3. The zero-order valence-electron chi connectivity index (χ0n) is 8.92. The average molecular weight is 311 g/mol. The Morgan fingerprint density at radius 3 is 2.29 bits per heavy atom. The predicted molar refractivity (Wildman–Crippen MR) is 59.9 cm³/mol. The highest BCUT2D eigenvalue weighted by atomic mass is 79.9. The maximum absolute atomic E-state index is 12.3. The molecule has 0 unspecified atom stereocenters. The summed E-state index contributed by atoms with van der Waals surface area (Å²) < 4.78 is 41.3. The van der Waals surface area contributed by atoms with E-state index in [0.717, 1.165) is 12.1 Å². The quantitative estimate of drug-likeness (QED) is 0.633. The van der Waals surface area contributed by atoms with Gasteiger partial charge < -0.3 is 4.74 Å². The van der Waals surface area contributed by atoms with E-state index in [0.29, 0.717) is 5.56 Å². The number of methoxy groups -OCH3 is 1. The first-order valence-corrected chi connectivity index (χ1v) is 5.64. The third kappa shape index (κ3) is 4.03. The molecule has 0 radical (unpaired) electrons. The monoisotopic (exact) mass is 310 g/mol. The van der Waals surface area contributed by atoms with E-state index in [1.807, 2.05) is 0 Å². The number of esters is 1. The van der Waals surface area contributed by atoms with Gasteiger partial charge in [-0.05, 0) is 24.1 Å². The molecule has 0 spiro atoms. The smallest absolute Gasteiger partial charge is 0.416 e. The lowest BCUT2D eigenvalue weighted by atomic mass is 10.1. The third-order valence-corrected chi connectivity index (χ3v) is 2.85. The van der Waals surface area contributed by atoms with Crippen LogP contribution in [0.2, 0.25) is 0 Å². The van der Waals surface area contributed by atoms with Crippen LogP contribution in [0.15, 0.2) is 24.3 Å². The second kappa shape index (κ2) is 5.53. The van der Waals surface area contributed by atoms with Crippen molar-refractivity contribution in [3.05, 3.63) is 35.4 Å². The largest absolute Gasteiger partial charge is 0.468 e. The summed E-state index contributed by atoms with van der Waals surface area (Å²) in [6, 6.07) is 4.68. The molecule has 0 N–H and O–H groups in total. The number of halogens is 4. The van der Waals surface area contributed by atoms with Crippen molar-refractivity contribution in [3.8, 4) is 0 Å². The lowest BCUT2D eigenvalue weighted by Gasteiger charge is -2.09. The minimum atomic E-state index is -4.34. The molecule has 0 heterocycles. The molecule has 94 valence electrons. The van der Waals surface area contributed by atoms with Gasteiger partial charge in [0.15, 0.2) is 0 Å². The van der Waals surface area contributed by atoms with Crippen molar-refractivity contribution < 1.29 is 22.7 Å². The number of hydrogen-bond donors (Lipinski definition) is 0. The Morgan fingerprint density at radius 1 is 1.35 bits per heavy atom.